The molecule has 232 valence electrons. The minimum atomic E-state index is -4.42. The Morgan fingerprint density at radius 1 is 0.692 bits per heavy atom. The van der Waals surface area contributed by atoms with Gasteiger partial charge in [0.2, 0.25) is 5.91 Å². The van der Waals surface area contributed by atoms with Gasteiger partial charge in [-0.3, -0.25) is 9.35 Å². The van der Waals surface area contributed by atoms with Crippen LogP contribution >= 0.6 is 0 Å². The molecule has 0 heterocycles. The smallest absolute Gasteiger partial charge is 0.267 e. The number of aliphatic hydroxyl groups excluding tert-OH is 2. The third kappa shape index (κ3) is 25.7. The number of hydrogen-bond acceptors (Lipinski definition) is 5. The van der Waals surface area contributed by atoms with Crippen LogP contribution in [-0.4, -0.2) is 53.1 Å². The lowest BCUT2D eigenvalue weighted by Gasteiger charge is -2.22. The van der Waals surface area contributed by atoms with E-state index in [4.69, 9.17) is 0 Å². The Hall–Kier alpha value is -0.960. The van der Waals surface area contributed by atoms with Gasteiger partial charge in [0.05, 0.1) is 17.9 Å². The largest absolute Gasteiger partial charge is 0.387 e. The Kier molecular flexibility index (Phi) is 25.3. The van der Waals surface area contributed by atoms with Crippen LogP contribution in [0.1, 0.15) is 155 Å². The zero-order chi connectivity index (χ0) is 29.2. The second kappa shape index (κ2) is 26.0. The fourth-order valence-corrected chi connectivity index (χ4v) is 5.54. The van der Waals surface area contributed by atoms with Crippen molar-refractivity contribution in [3.8, 4) is 0 Å². The molecule has 0 rings (SSSR count). The van der Waals surface area contributed by atoms with Gasteiger partial charge in [0.1, 0.15) is 6.10 Å². The van der Waals surface area contributed by atoms with Crippen molar-refractivity contribution < 1.29 is 28.0 Å². The van der Waals surface area contributed by atoms with Crippen LogP contribution in [0.25, 0.3) is 0 Å². The van der Waals surface area contributed by atoms with Crippen molar-refractivity contribution in [2.45, 2.75) is 173 Å². The first kappa shape index (κ1) is 38.0. The maximum Gasteiger partial charge on any atom is 0.267 e. The molecule has 3 atom stereocenters. The first-order chi connectivity index (χ1) is 18.7. The van der Waals surface area contributed by atoms with Crippen LogP contribution in [0, 0.1) is 0 Å². The maximum atomic E-state index is 12.4. The second-order valence-corrected chi connectivity index (χ2v) is 12.7. The molecule has 0 radical (unpaired) electrons. The Morgan fingerprint density at radius 3 is 1.54 bits per heavy atom. The molecule has 1 amide bonds. The van der Waals surface area contributed by atoms with Gasteiger partial charge in [0, 0.05) is 0 Å². The minimum absolute atomic E-state index is 0.282. The van der Waals surface area contributed by atoms with Crippen LogP contribution in [0.3, 0.4) is 0 Å². The van der Waals surface area contributed by atoms with E-state index < -0.39 is 40.0 Å². The molecule has 0 aliphatic rings. The van der Waals surface area contributed by atoms with Gasteiger partial charge in [-0.2, -0.15) is 8.42 Å². The molecule has 0 bridgehead atoms. The van der Waals surface area contributed by atoms with Gasteiger partial charge in [-0.25, -0.2) is 0 Å². The Labute approximate surface area is 240 Å². The van der Waals surface area contributed by atoms with Crippen molar-refractivity contribution in [1.82, 2.24) is 5.32 Å². The van der Waals surface area contributed by atoms with Gasteiger partial charge in [-0.15, -0.1) is 0 Å². The highest BCUT2D eigenvalue weighted by molar-refractivity contribution is 7.85. The molecule has 0 saturated heterocycles. The van der Waals surface area contributed by atoms with Crippen LogP contribution in [0.5, 0.6) is 0 Å². The van der Waals surface area contributed by atoms with Crippen LogP contribution in [0.2, 0.25) is 0 Å². The third-order valence-corrected chi connectivity index (χ3v) is 8.10. The summed E-state index contributed by atoms with van der Waals surface area (Å²) >= 11 is 0. The summed E-state index contributed by atoms with van der Waals surface area (Å²) in [5.74, 6) is -1.53. The Morgan fingerprint density at radius 2 is 1.10 bits per heavy atom. The lowest BCUT2D eigenvalue weighted by atomic mass is 10.0. The van der Waals surface area contributed by atoms with Crippen LogP contribution in [0.15, 0.2) is 12.2 Å². The van der Waals surface area contributed by atoms with E-state index in [1.54, 1.807) is 6.08 Å². The van der Waals surface area contributed by atoms with E-state index in [2.05, 4.69) is 19.2 Å². The summed E-state index contributed by atoms with van der Waals surface area (Å²) < 4.78 is 32.2. The molecule has 39 heavy (non-hydrogen) atoms. The standard InChI is InChI=1S/C31H61NO6S/c1-3-5-7-9-11-13-14-15-16-17-18-20-21-23-25-29(33)28(27-39(36,37)38)32-31(35)30(34)26-24-22-19-12-10-8-6-4-2/h23,25,28-30,33-34H,3-22,24,26-27H2,1-2H3,(H,32,35)(H,36,37,38)/b25-23+. The van der Waals surface area contributed by atoms with E-state index >= 15 is 0 Å². The second-order valence-electron chi connectivity index (χ2n) is 11.2. The van der Waals surface area contributed by atoms with Crippen molar-refractivity contribution in [3.05, 3.63) is 12.2 Å². The van der Waals surface area contributed by atoms with E-state index in [0.29, 0.717) is 6.42 Å². The molecular weight excluding hydrogens is 514 g/mol. The highest BCUT2D eigenvalue weighted by atomic mass is 32.2. The van der Waals surface area contributed by atoms with Gasteiger partial charge in [-0.05, 0) is 19.3 Å². The number of carbonyl (C=O) groups excluding carboxylic acids is 1. The van der Waals surface area contributed by atoms with Crippen LogP contribution in [0.4, 0.5) is 0 Å². The van der Waals surface area contributed by atoms with E-state index in [1.807, 2.05) is 0 Å². The minimum Gasteiger partial charge on any atom is -0.387 e. The highest BCUT2D eigenvalue weighted by Crippen LogP contribution is 2.14. The number of carbonyl (C=O) groups is 1. The summed E-state index contributed by atoms with van der Waals surface area (Å²) in [7, 11) is -4.42. The summed E-state index contributed by atoms with van der Waals surface area (Å²) in [5.41, 5.74) is 0. The number of hydrogen-bond donors (Lipinski definition) is 4. The first-order valence-electron chi connectivity index (χ1n) is 16.0. The summed E-state index contributed by atoms with van der Waals surface area (Å²) in [5, 5.41) is 23.1. The SMILES string of the molecule is CCCCCCCCCCCCCC/C=C/C(O)C(CS(=O)(=O)O)NC(=O)C(O)CCCCCCCCCC. The summed E-state index contributed by atoms with van der Waals surface area (Å²) in [4.78, 5) is 12.4. The number of nitrogens with one attached hydrogen (secondary N) is 1. The van der Waals surface area contributed by atoms with Crippen molar-refractivity contribution in [2.75, 3.05) is 5.75 Å². The average Bonchev–Trinajstić information content (AvgIpc) is 2.88. The highest BCUT2D eigenvalue weighted by Gasteiger charge is 2.27. The number of amides is 1. The number of unbranched alkanes of at least 4 members (excludes halogenated alkanes) is 19. The van der Waals surface area contributed by atoms with Gasteiger partial charge >= 0.3 is 0 Å². The molecule has 4 N–H and O–H groups in total. The molecule has 0 fully saturated rings. The fourth-order valence-electron chi connectivity index (χ4n) is 4.81. The number of allylic oxidation sites excluding steroid dienone is 1. The number of aliphatic hydroxyl groups is 2. The van der Waals surface area contributed by atoms with Gasteiger partial charge in [-0.1, -0.05) is 148 Å². The molecule has 0 aromatic carbocycles. The maximum absolute atomic E-state index is 12.4. The van der Waals surface area contributed by atoms with Crippen molar-refractivity contribution in [2.24, 2.45) is 0 Å². The normalized spacial score (nSPS) is 14.5. The zero-order valence-corrected chi connectivity index (χ0v) is 25.9. The van der Waals surface area contributed by atoms with E-state index in [9.17, 15) is 28.0 Å². The summed E-state index contributed by atoms with van der Waals surface area (Å²) in [6, 6.07) is -1.22. The van der Waals surface area contributed by atoms with Crippen molar-refractivity contribution >= 4 is 16.0 Å². The molecule has 0 aliphatic carbocycles. The summed E-state index contributed by atoms with van der Waals surface area (Å²) in [6.07, 6.45) is 25.7. The third-order valence-electron chi connectivity index (χ3n) is 7.32. The molecular formula is C31H61NO6S. The first-order valence-corrected chi connectivity index (χ1v) is 17.6. The molecule has 0 aliphatic heterocycles. The summed E-state index contributed by atoms with van der Waals surface area (Å²) in [6.45, 7) is 4.42. The van der Waals surface area contributed by atoms with Crippen LogP contribution < -0.4 is 5.32 Å². The van der Waals surface area contributed by atoms with Crippen molar-refractivity contribution in [1.29, 1.82) is 0 Å². The van der Waals surface area contributed by atoms with Gasteiger partial charge in [0.25, 0.3) is 10.1 Å². The fraction of sp³-hybridized carbons (Fsp3) is 0.903. The predicted octanol–water partition coefficient (Wildman–Crippen LogP) is 7.26. The molecule has 0 spiro atoms. The van der Waals surface area contributed by atoms with Crippen molar-refractivity contribution in [3.63, 3.8) is 0 Å². The van der Waals surface area contributed by atoms with E-state index in [0.717, 1.165) is 38.5 Å². The quantitative estimate of drug-likeness (QED) is 0.0442. The molecule has 0 aromatic rings. The van der Waals surface area contributed by atoms with Crippen LogP contribution in [-0.2, 0) is 14.9 Å². The monoisotopic (exact) mass is 575 g/mol. The molecule has 8 heteroatoms. The topological polar surface area (TPSA) is 124 Å². The van der Waals surface area contributed by atoms with E-state index in [1.165, 1.54) is 96.0 Å². The lowest BCUT2D eigenvalue weighted by Crippen LogP contribution is -2.50. The molecule has 7 nitrogen and oxygen atoms in total. The average molecular weight is 576 g/mol. The van der Waals surface area contributed by atoms with E-state index in [-0.39, 0.29) is 6.42 Å². The number of rotatable bonds is 28. The Bertz CT molecular complexity index is 697. The molecule has 0 aromatic heterocycles. The Balaban J connectivity index is 4.20. The molecule has 0 saturated carbocycles. The van der Waals surface area contributed by atoms with Gasteiger partial charge < -0.3 is 15.5 Å². The predicted molar refractivity (Wildman–Crippen MR) is 162 cm³/mol. The zero-order valence-electron chi connectivity index (χ0n) is 25.1. The lowest BCUT2D eigenvalue weighted by molar-refractivity contribution is -0.130. The van der Waals surface area contributed by atoms with Gasteiger partial charge in [0.15, 0.2) is 0 Å². The molecule has 3 unspecified atom stereocenters.